The van der Waals surface area contributed by atoms with Gasteiger partial charge in [0.2, 0.25) is 0 Å². The van der Waals surface area contributed by atoms with E-state index in [9.17, 15) is 4.79 Å². The van der Waals surface area contributed by atoms with Gasteiger partial charge in [0.25, 0.3) is 0 Å². The Morgan fingerprint density at radius 1 is 1.53 bits per heavy atom. The van der Waals surface area contributed by atoms with Crippen LogP contribution in [0.15, 0.2) is 18.2 Å². The molecule has 3 N–H and O–H groups in total. The second-order valence-corrected chi connectivity index (χ2v) is 5.48. The average molecular weight is 261 g/mol. The highest BCUT2D eigenvalue weighted by molar-refractivity contribution is 5.99. The molecule has 0 saturated heterocycles. The molecular weight excluding hydrogens is 238 g/mol. The third kappa shape index (κ3) is 3.47. The Balaban J connectivity index is 1.92. The summed E-state index contributed by atoms with van der Waals surface area (Å²) < 4.78 is 0. The molecule has 1 aliphatic rings. The van der Waals surface area contributed by atoms with Crippen molar-refractivity contribution in [3.63, 3.8) is 0 Å². The average Bonchev–Trinajstić information content (AvgIpc) is 3.18. The fraction of sp³-hybridized carbons (Fsp3) is 0.533. The Hall–Kier alpha value is -1.55. The van der Waals surface area contributed by atoms with E-state index in [0.717, 1.165) is 18.3 Å². The van der Waals surface area contributed by atoms with Crippen molar-refractivity contribution in [1.29, 1.82) is 0 Å². The van der Waals surface area contributed by atoms with Gasteiger partial charge < -0.3 is 11.1 Å². The third-order valence-electron chi connectivity index (χ3n) is 3.85. The number of carbonyl (C=O) groups excluding carboxylic acids is 1. The maximum Gasteiger partial charge on any atom is 0.161 e. The molecule has 0 spiro atoms. The van der Waals surface area contributed by atoms with Gasteiger partial charge in [-0.1, -0.05) is 0 Å². The van der Waals surface area contributed by atoms with Crippen LogP contribution in [0.5, 0.6) is 0 Å². The molecule has 0 bridgehead atoms. The Morgan fingerprint density at radius 2 is 2.21 bits per heavy atom. The van der Waals surface area contributed by atoms with Crippen LogP contribution in [0.25, 0.3) is 0 Å². The number of carbonyl (C=O) groups is 1. The third-order valence-corrected chi connectivity index (χ3v) is 3.85. The molecule has 1 aromatic rings. The monoisotopic (exact) mass is 261 g/mol. The first kappa shape index (κ1) is 13.9. The van der Waals surface area contributed by atoms with Crippen LogP contribution in [0.2, 0.25) is 0 Å². The minimum atomic E-state index is 0.00545. The number of anilines is 2. The molecule has 0 radical (unpaired) electrons. The predicted octanol–water partition coefficient (Wildman–Crippen LogP) is 2.37. The van der Waals surface area contributed by atoms with Crippen LogP contribution in [-0.2, 0) is 0 Å². The van der Waals surface area contributed by atoms with E-state index < -0.39 is 0 Å². The second kappa shape index (κ2) is 5.61. The van der Waals surface area contributed by atoms with Gasteiger partial charge >= 0.3 is 0 Å². The van der Waals surface area contributed by atoms with Gasteiger partial charge in [-0.15, -0.1) is 0 Å². The topological polar surface area (TPSA) is 58.4 Å². The summed E-state index contributed by atoms with van der Waals surface area (Å²) in [5.74, 6) is 0.00545. The van der Waals surface area contributed by atoms with E-state index in [2.05, 4.69) is 24.2 Å². The molecule has 1 fully saturated rings. The van der Waals surface area contributed by atoms with Crippen molar-refractivity contribution in [1.82, 2.24) is 4.90 Å². The van der Waals surface area contributed by atoms with E-state index in [-0.39, 0.29) is 5.78 Å². The Kier molecular flexibility index (Phi) is 4.10. The van der Waals surface area contributed by atoms with Gasteiger partial charge in [-0.2, -0.15) is 0 Å². The number of hydrogen-bond acceptors (Lipinski definition) is 4. The lowest BCUT2D eigenvalue weighted by molar-refractivity contribution is 0.101. The van der Waals surface area contributed by atoms with Gasteiger partial charge in [0.05, 0.1) is 0 Å². The quantitative estimate of drug-likeness (QED) is 0.609. The fourth-order valence-corrected chi connectivity index (χ4v) is 2.24. The molecule has 0 heterocycles. The molecule has 1 saturated carbocycles. The molecule has 4 heteroatoms. The van der Waals surface area contributed by atoms with E-state index in [1.807, 2.05) is 12.1 Å². The minimum Gasteiger partial charge on any atom is -0.398 e. The van der Waals surface area contributed by atoms with Gasteiger partial charge in [-0.25, -0.2) is 0 Å². The Morgan fingerprint density at radius 3 is 2.74 bits per heavy atom. The second-order valence-electron chi connectivity index (χ2n) is 5.48. The first-order chi connectivity index (χ1) is 8.99. The van der Waals surface area contributed by atoms with Gasteiger partial charge in [0.15, 0.2) is 5.78 Å². The van der Waals surface area contributed by atoms with Crippen molar-refractivity contribution < 1.29 is 4.79 Å². The zero-order valence-corrected chi connectivity index (χ0v) is 11.9. The van der Waals surface area contributed by atoms with Crippen molar-refractivity contribution in [3.8, 4) is 0 Å². The lowest BCUT2D eigenvalue weighted by Crippen LogP contribution is -2.36. The summed E-state index contributed by atoms with van der Waals surface area (Å²) in [6, 6.07) is 6.79. The maximum atomic E-state index is 11.3. The fourth-order valence-electron chi connectivity index (χ4n) is 2.24. The number of nitrogens with two attached hydrogens (primary N) is 1. The number of nitrogens with zero attached hydrogens (tertiary/aromatic N) is 1. The SMILES string of the molecule is CC(=O)c1ccc(NCC(C)N(C)C2CC2)cc1N. The number of benzene rings is 1. The number of ketones is 1. The van der Waals surface area contributed by atoms with Crippen LogP contribution in [0.3, 0.4) is 0 Å². The zero-order chi connectivity index (χ0) is 14.0. The number of nitrogen functional groups attached to an aromatic ring is 1. The number of hydrogen-bond donors (Lipinski definition) is 2. The molecule has 4 nitrogen and oxygen atoms in total. The van der Waals surface area contributed by atoms with Crippen LogP contribution in [0.1, 0.15) is 37.0 Å². The first-order valence-corrected chi connectivity index (χ1v) is 6.85. The molecule has 0 aliphatic heterocycles. The minimum absolute atomic E-state index is 0.00545. The summed E-state index contributed by atoms with van der Waals surface area (Å²) in [5, 5.41) is 3.38. The van der Waals surface area contributed by atoms with Crippen molar-refractivity contribution >= 4 is 17.2 Å². The van der Waals surface area contributed by atoms with Crippen LogP contribution < -0.4 is 11.1 Å². The predicted molar refractivity (Wildman–Crippen MR) is 79.6 cm³/mol. The molecule has 0 amide bonds. The summed E-state index contributed by atoms with van der Waals surface area (Å²) >= 11 is 0. The Labute approximate surface area is 115 Å². The van der Waals surface area contributed by atoms with Crippen LogP contribution >= 0.6 is 0 Å². The molecule has 104 valence electrons. The lowest BCUT2D eigenvalue weighted by atomic mass is 10.1. The first-order valence-electron chi connectivity index (χ1n) is 6.85. The summed E-state index contributed by atoms with van der Waals surface area (Å²) in [6.45, 7) is 4.63. The largest absolute Gasteiger partial charge is 0.398 e. The van der Waals surface area contributed by atoms with Crippen molar-refractivity contribution in [2.75, 3.05) is 24.6 Å². The maximum absolute atomic E-state index is 11.3. The number of rotatable bonds is 6. The van der Waals surface area contributed by atoms with E-state index >= 15 is 0 Å². The van der Waals surface area contributed by atoms with Gasteiger partial charge in [-0.05, 0) is 51.9 Å². The van der Waals surface area contributed by atoms with E-state index in [1.54, 1.807) is 6.07 Å². The molecule has 0 aromatic heterocycles. The van der Waals surface area contributed by atoms with Crippen LogP contribution in [-0.4, -0.2) is 36.4 Å². The summed E-state index contributed by atoms with van der Waals surface area (Å²) in [6.07, 6.45) is 2.64. The summed E-state index contributed by atoms with van der Waals surface area (Å²) in [7, 11) is 2.18. The smallest absolute Gasteiger partial charge is 0.161 e. The molecule has 1 aliphatic carbocycles. The lowest BCUT2D eigenvalue weighted by Gasteiger charge is -2.25. The van der Waals surface area contributed by atoms with E-state index in [1.165, 1.54) is 19.8 Å². The highest BCUT2D eigenvalue weighted by atomic mass is 16.1. The van der Waals surface area contributed by atoms with E-state index in [4.69, 9.17) is 5.73 Å². The Bertz CT molecular complexity index is 468. The highest BCUT2D eigenvalue weighted by Crippen LogP contribution is 2.27. The summed E-state index contributed by atoms with van der Waals surface area (Å²) in [4.78, 5) is 13.7. The molecule has 1 atom stereocenters. The molecule has 1 unspecified atom stereocenters. The zero-order valence-electron chi connectivity index (χ0n) is 11.9. The normalized spacial score (nSPS) is 16.4. The van der Waals surface area contributed by atoms with Crippen molar-refractivity contribution in [2.45, 2.75) is 38.8 Å². The molecule has 1 aromatic carbocycles. The van der Waals surface area contributed by atoms with E-state index in [0.29, 0.717) is 17.3 Å². The highest BCUT2D eigenvalue weighted by Gasteiger charge is 2.28. The standard InChI is InChI=1S/C15H23N3O/c1-10(18(3)13-5-6-13)9-17-12-4-7-14(11(2)19)15(16)8-12/h4,7-8,10,13,17H,5-6,9,16H2,1-3H3. The number of nitrogens with one attached hydrogen (secondary N) is 1. The van der Waals surface area contributed by atoms with Crippen LogP contribution in [0.4, 0.5) is 11.4 Å². The number of likely N-dealkylation sites (N-methyl/N-ethyl adjacent to an activating group) is 1. The van der Waals surface area contributed by atoms with Crippen LogP contribution in [0, 0.1) is 0 Å². The molecular formula is C15H23N3O. The van der Waals surface area contributed by atoms with Crippen molar-refractivity contribution in [2.24, 2.45) is 0 Å². The van der Waals surface area contributed by atoms with Gasteiger partial charge in [0, 0.05) is 35.6 Å². The molecule has 19 heavy (non-hydrogen) atoms. The van der Waals surface area contributed by atoms with Gasteiger partial charge in [0.1, 0.15) is 0 Å². The van der Waals surface area contributed by atoms with Gasteiger partial charge in [-0.3, -0.25) is 9.69 Å². The number of Topliss-reactive ketones (excluding diaryl/α,β-unsaturated/α-hetero) is 1. The molecule has 2 rings (SSSR count). The summed E-state index contributed by atoms with van der Waals surface area (Å²) in [5.41, 5.74) is 7.98. The van der Waals surface area contributed by atoms with Crippen molar-refractivity contribution in [3.05, 3.63) is 23.8 Å².